The molecule has 3 aliphatic rings. The first-order valence-corrected chi connectivity index (χ1v) is 15.2. The Balaban J connectivity index is 1.28. The second-order valence-corrected chi connectivity index (χ2v) is 12.8. The maximum Gasteiger partial charge on any atom is 0.251 e. The summed E-state index contributed by atoms with van der Waals surface area (Å²) < 4.78 is 56.0. The number of aliphatic hydroxyl groups is 1. The molecule has 1 saturated carbocycles. The molecule has 0 bridgehead atoms. The van der Waals surface area contributed by atoms with E-state index >= 15 is 0 Å². The minimum Gasteiger partial charge on any atom is -0.395 e. The van der Waals surface area contributed by atoms with Crippen molar-refractivity contribution in [3.63, 3.8) is 0 Å². The summed E-state index contributed by atoms with van der Waals surface area (Å²) in [6.07, 6.45) is 7.57. The molecule has 0 atom stereocenters. The highest BCUT2D eigenvalue weighted by Crippen LogP contribution is 2.54. The number of nitrogens with zero attached hydrogens (tertiary/aromatic N) is 7. The highest BCUT2D eigenvalue weighted by atomic mass is 32.2. The standard InChI is InChI=1S/C26H32F2N8O3S/c27-26(28)8-13-35(14-9-26)24-29-10-3-20(30-24)21-18-36(33-31-21)22-2-1-19(32-40(38,39)16-15-37)17-23(22)34-11-6-25(4-5-25)7-12-34/h1-3,10,17-18,32,37H,4-9,11-16H2. The van der Waals surface area contributed by atoms with Crippen molar-refractivity contribution in [2.75, 3.05) is 53.1 Å². The lowest BCUT2D eigenvalue weighted by atomic mass is 9.93. The second kappa shape index (κ2) is 10.2. The predicted octanol–water partition coefficient (Wildman–Crippen LogP) is 3.07. The third-order valence-corrected chi connectivity index (χ3v) is 9.42. The molecule has 2 aromatic heterocycles. The first kappa shape index (κ1) is 26.8. The maximum atomic E-state index is 13.6. The maximum absolute atomic E-state index is 13.6. The summed E-state index contributed by atoms with van der Waals surface area (Å²) in [7, 11) is -3.68. The number of rotatable bonds is 8. The third-order valence-electron chi connectivity index (χ3n) is 8.15. The van der Waals surface area contributed by atoms with Crippen molar-refractivity contribution in [2.45, 2.75) is 44.4 Å². The van der Waals surface area contributed by atoms with Crippen LogP contribution in [0.5, 0.6) is 0 Å². The van der Waals surface area contributed by atoms with E-state index in [0.29, 0.717) is 28.4 Å². The van der Waals surface area contributed by atoms with E-state index in [4.69, 9.17) is 5.11 Å². The fourth-order valence-corrected chi connectivity index (χ4v) is 6.29. The van der Waals surface area contributed by atoms with Gasteiger partial charge in [0.1, 0.15) is 5.69 Å². The van der Waals surface area contributed by atoms with Crippen LogP contribution in [0.15, 0.2) is 36.7 Å². The molecule has 0 unspecified atom stereocenters. The van der Waals surface area contributed by atoms with Gasteiger partial charge in [0.2, 0.25) is 16.0 Å². The van der Waals surface area contributed by atoms with Crippen LogP contribution < -0.4 is 14.5 Å². The summed E-state index contributed by atoms with van der Waals surface area (Å²) >= 11 is 0. The Bertz CT molecular complexity index is 1470. The predicted molar refractivity (Wildman–Crippen MR) is 146 cm³/mol. The highest BCUT2D eigenvalue weighted by molar-refractivity contribution is 7.92. The number of hydrogen-bond donors (Lipinski definition) is 2. The number of halogens is 2. The van der Waals surface area contributed by atoms with Crippen LogP contribution in [0.3, 0.4) is 0 Å². The molecule has 2 N–H and O–H groups in total. The number of aliphatic hydroxyl groups excluding tert-OH is 1. The van der Waals surface area contributed by atoms with Crippen LogP contribution in [0.25, 0.3) is 17.1 Å². The van der Waals surface area contributed by atoms with E-state index in [1.165, 1.54) is 12.8 Å². The van der Waals surface area contributed by atoms with Crippen LogP contribution in [0.4, 0.5) is 26.1 Å². The highest BCUT2D eigenvalue weighted by Gasteiger charge is 2.44. The SMILES string of the molecule is O=S(=O)(CCO)Nc1ccc(-n2cc(-c3ccnc(N4CCC(F)(F)CC4)n3)nn2)c(N2CCC3(CC2)CC3)c1. The van der Waals surface area contributed by atoms with Gasteiger partial charge in [-0.05, 0) is 55.4 Å². The lowest BCUT2D eigenvalue weighted by molar-refractivity contribution is -0.0222. The fourth-order valence-electron chi connectivity index (χ4n) is 5.46. The lowest BCUT2D eigenvalue weighted by Crippen LogP contribution is -2.40. The molecule has 1 aliphatic carbocycles. The van der Waals surface area contributed by atoms with Gasteiger partial charge >= 0.3 is 0 Å². The van der Waals surface area contributed by atoms with Crippen molar-refractivity contribution in [1.82, 2.24) is 25.0 Å². The van der Waals surface area contributed by atoms with Crippen molar-refractivity contribution in [1.29, 1.82) is 0 Å². The number of hydrogen-bond acceptors (Lipinski definition) is 9. The van der Waals surface area contributed by atoms with Gasteiger partial charge in [0.15, 0.2) is 0 Å². The van der Waals surface area contributed by atoms with Gasteiger partial charge in [-0.25, -0.2) is 31.8 Å². The first-order chi connectivity index (χ1) is 19.1. The topological polar surface area (TPSA) is 129 Å². The molecule has 6 rings (SSSR count). The van der Waals surface area contributed by atoms with Gasteiger partial charge in [0.25, 0.3) is 5.92 Å². The summed E-state index contributed by atoms with van der Waals surface area (Å²) in [5.41, 5.74) is 3.47. The Morgan fingerprint density at radius 2 is 1.65 bits per heavy atom. The molecule has 14 heteroatoms. The fraction of sp³-hybridized carbons (Fsp3) is 0.538. The summed E-state index contributed by atoms with van der Waals surface area (Å²) in [5, 5.41) is 17.8. The van der Waals surface area contributed by atoms with Crippen molar-refractivity contribution in [3.05, 3.63) is 36.7 Å². The molecule has 3 fully saturated rings. The van der Waals surface area contributed by atoms with Crippen LogP contribution in [-0.2, 0) is 10.0 Å². The summed E-state index contributed by atoms with van der Waals surface area (Å²) in [4.78, 5) is 12.9. The molecule has 0 amide bonds. The van der Waals surface area contributed by atoms with E-state index in [9.17, 15) is 17.2 Å². The Labute approximate surface area is 231 Å². The zero-order chi connectivity index (χ0) is 28.0. The zero-order valence-electron chi connectivity index (χ0n) is 22.0. The van der Waals surface area contributed by atoms with Gasteiger partial charge in [-0.3, -0.25) is 4.72 Å². The van der Waals surface area contributed by atoms with Crippen LogP contribution in [0.2, 0.25) is 0 Å². The molecule has 40 heavy (non-hydrogen) atoms. The summed E-state index contributed by atoms with van der Waals surface area (Å²) in [6, 6.07) is 6.96. The minimum absolute atomic E-state index is 0.179. The van der Waals surface area contributed by atoms with Gasteiger partial charge in [-0.15, -0.1) is 5.10 Å². The minimum atomic E-state index is -3.68. The molecule has 2 saturated heterocycles. The van der Waals surface area contributed by atoms with Crippen LogP contribution in [-0.4, -0.2) is 82.9 Å². The van der Waals surface area contributed by atoms with Crippen molar-refractivity contribution < 1.29 is 22.3 Å². The van der Waals surface area contributed by atoms with E-state index in [1.807, 2.05) is 0 Å². The molecule has 214 valence electrons. The molecule has 2 aliphatic heterocycles. The number of aromatic nitrogens is 5. The summed E-state index contributed by atoms with van der Waals surface area (Å²) in [6.45, 7) is 1.60. The second-order valence-electron chi connectivity index (χ2n) is 11.0. The number of sulfonamides is 1. The molecular formula is C26H32F2N8O3S. The number of benzene rings is 1. The number of alkyl halides is 2. The lowest BCUT2D eigenvalue weighted by Gasteiger charge is -2.35. The van der Waals surface area contributed by atoms with Crippen molar-refractivity contribution >= 4 is 27.3 Å². The number of piperidine rings is 2. The Hall–Kier alpha value is -3.39. The van der Waals surface area contributed by atoms with E-state index in [2.05, 4.69) is 29.9 Å². The van der Waals surface area contributed by atoms with Crippen molar-refractivity contribution in [2.24, 2.45) is 5.41 Å². The van der Waals surface area contributed by atoms with Gasteiger partial charge < -0.3 is 14.9 Å². The Kier molecular flexibility index (Phi) is 6.85. The van der Waals surface area contributed by atoms with E-state index in [1.54, 1.807) is 46.2 Å². The Morgan fingerprint density at radius 1 is 0.925 bits per heavy atom. The van der Waals surface area contributed by atoms with E-state index in [0.717, 1.165) is 37.3 Å². The largest absolute Gasteiger partial charge is 0.395 e. The first-order valence-electron chi connectivity index (χ1n) is 13.5. The quantitative estimate of drug-likeness (QED) is 0.417. The Morgan fingerprint density at radius 3 is 2.35 bits per heavy atom. The van der Waals surface area contributed by atoms with E-state index < -0.39 is 22.6 Å². The third kappa shape index (κ3) is 5.73. The molecule has 3 aromatic rings. The number of anilines is 3. The van der Waals surface area contributed by atoms with Crippen LogP contribution in [0.1, 0.15) is 38.5 Å². The monoisotopic (exact) mass is 574 g/mol. The van der Waals surface area contributed by atoms with Gasteiger partial charge in [0, 0.05) is 45.2 Å². The van der Waals surface area contributed by atoms with Crippen molar-refractivity contribution in [3.8, 4) is 17.1 Å². The zero-order valence-corrected chi connectivity index (χ0v) is 22.8. The van der Waals surface area contributed by atoms with Gasteiger partial charge in [-0.1, -0.05) is 5.21 Å². The molecule has 1 aromatic carbocycles. The smallest absolute Gasteiger partial charge is 0.251 e. The normalized spacial score (nSPS) is 20.1. The molecule has 4 heterocycles. The molecular weight excluding hydrogens is 542 g/mol. The molecule has 1 spiro atoms. The number of nitrogens with one attached hydrogen (secondary N) is 1. The van der Waals surface area contributed by atoms with Gasteiger partial charge in [0.05, 0.1) is 41.3 Å². The average Bonchev–Trinajstić information content (AvgIpc) is 3.49. The molecule has 0 radical (unpaired) electrons. The molecule has 11 nitrogen and oxygen atoms in total. The van der Waals surface area contributed by atoms with Crippen LogP contribution in [0, 0.1) is 5.41 Å². The summed E-state index contributed by atoms with van der Waals surface area (Å²) in [5.74, 6) is -2.66. The average molecular weight is 575 g/mol. The van der Waals surface area contributed by atoms with Gasteiger partial charge in [-0.2, -0.15) is 0 Å². The van der Waals surface area contributed by atoms with Crippen LogP contribution >= 0.6 is 0 Å². The van der Waals surface area contributed by atoms with E-state index in [-0.39, 0.29) is 31.7 Å².